The normalized spacial score (nSPS) is 13.8. The molecule has 0 unspecified atom stereocenters. The van der Waals surface area contributed by atoms with Crippen LogP contribution >= 0.6 is 0 Å². The summed E-state index contributed by atoms with van der Waals surface area (Å²) in [6, 6.07) is 6.57. The summed E-state index contributed by atoms with van der Waals surface area (Å²) in [4.78, 5) is 25.4. The van der Waals surface area contributed by atoms with Gasteiger partial charge in [-0.2, -0.15) is 0 Å². The van der Waals surface area contributed by atoms with Gasteiger partial charge in [-0.15, -0.1) is 0 Å². The summed E-state index contributed by atoms with van der Waals surface area (Å²) in [6.45, 7) is 2.91. The lowest BCUT2D eigenvalue weighted by Gasteiger charge is -2.21. The Kier molecular flexibility index (Phi) is 8.32. The van der Waals surface area contributed by atoms with Crippen molar-refractivity contribution in [3.8, 4) is 0 Å². The topological polar surface area (TPSA) is 49.4 Å². The molecule has 0 bridgehead atoms. The van der Waals surface area contributed by atoms with E-state index in [-0.39, 0.29) is 24.1 Å². The van der Waals surface area contributed by atoms with Crippen LogP contribution in [0.5, 0.6) is 0 Å². The maximum absolute atomic E-state index is 13.7. The van der Waals surface area contributed by atoms with Crippen LogP contribution in [0.2, 0.25) is 0 Å². The second-order valence-corrected chi connectivity index (χ2v) is 6.81. The van der Waals surface area contributed by atoms with E-state index >= 15 is 0 Å². The zero-order valence-corrected chi connectivity index (χ0v) is 15.6. The van der Waals surface area contributed by atoms with Gasteiger partial charge in [0, 0.05) is 33.0 Å². The average molecular weight is 360 g/mol. The molecule has 142 valence electrons. The Morgan fingerprint density at radius 2 is 1.96 bits per heavy atom. The van der Waals surface area contributed by atoms with Crippen molar-refractivity contribution in [3.63, 3.8) is 0 Å². The lowest BCUT2D eigenvalue weighted by molar-refractivity contribution is -0.129. The van der Waals surface area contributed by atoms with Gasteiger partial charge in [-0.3, -0.25) is 9.59 Å². The first kappa shape index (κ1) is 20.1. The quantitative estimate of drug-likeness (QED) is 0.684. The number of hydrogen-bond donors (Lipinski definition) is 1. The molecule has 0 aromatic heterocycles. The van der Waals surface area contributed by atoms with Crippen LogP contribution in [0, 0.1) is 5.82 Å². The van der Waals surface area contributed by atoms with Gasteiger partial charge >= 0.3 is 0 Å². The van der Waals surface area contributed by atoms with Crippen LogP contribution < -0.4 is 5.32 Å². The average Bonchev–Trinajstić information content (AvgIpc) is 2.63. The minimum atomic E-state index is -0.259. The third-order valence-corrected chi connectivity index (χ3v) is 4.82. The fraction of sp³-hybridized carbons (Fsp3) is 0.524. The molecule has 0 aliphatic heterocycles. The molecule has 1 aliphatic rings. The summed E-state index contributed by atoms with van der Waals surface area (Å²) in [5.74, 6) is -0.397. The molecular weight excluding hydrogens is 331 g/mol. The summed E-state index contributed by atoms with van der Waals surface area (Å²) < 4.78 is 13.7. The summed E-state index contributed by atoms with van der Waals surface area (Å²) in [5, 5.41) is 2.93. The van der Waals surface area contributed by atoms with Crippen molar-refractivity contribution in [1.82, 2.24) is 10.2 Å². The van der Waals surface area contributed by atoms with E-state index in [1.807, 2.05) is 0 Å². The highest BCUT2D eigenvalue weighted by Crippen LogP contribution is 2.19. The number of nitrogens with zero attached hydrogens (tertiary/aromatic N) is 1. The van der Waals surface area contributed by atoms with Gasteiger partial charge in [0.1, 0.15) is 5.82 Å². The van der Waals surface area contributed by atoms with Crippen molar-refractivity contribution in [2.75, 3.05) is 19.6 Å². The molecule has 0 saturated carbocycles. The molecule has 1 aromatic rings. The number of nitrogens with one attached hydrogen (secondary N) is 1. The largest absolute Gasteiger partial charge is 0.356 e. The van der Waals surface area contributed by atoms with Gasteiger partial charge in [0.05, 0.1) is 0 Å². The molecule has 1 aliphatic carbocycles. The predicted molar refractivity (Wildman–Crippen MR) is 101 cm³/mol. The number of hydrogen-bond acceptors (Lipinski definition) is 2. The maximum Gasteiger partial charge on any atom is 0.221 e. The van der Waals surface area contributed by atoms with E-state index in [9.17, 15) is 14.0 Å². The number of carbonyl (C=O) groups is 2. The molecule has 26 heavy (non-hydrogen) atoms. The molecule has 0 radical (unpaired) electrons. The van der Waals surface area contributed by atoms with Crippen LogP contribution in [0.25, 0.3) is 0 Å². The standard InChI is InChI=1S/C21H29FN2O2/c1-17(25)24(15-12-19-9-5-6-10-20(19)22)16-13-21(26)23-14-11-18-7-3-2-4-8-18/h5-7,9-10H,2-4,8,11-16H2,1H3,(H,23,26). The number of halogens is 1. The Morgan fingerprint density at radius 3 is 2.65 bits per heavy atom. The summed E-state index contributed by atoms with van der Waals surface area (Å²) in [5.41, 5.74) is 2.02. The van der Waals surface area contributed by atoms with E-state index in [4.69, 9.17) is 0 Å². The number of allylic oxidation sites excluding steroid dienone is 1. The first-order valence-electron chi connectivity index (χ1n) is 9.50. The molecule has 0 fully saturated rings. The van der Waals surface area contributed by atoms with Gasteiger partial charge < -0.3 is 10.2 Å². The SMILES string of the molecule is CC(=O)N(CCC(=O)NCCC1=CCCCC1)CCc1ccccc1F. The van der Waals surface area contributed by atoms with E-state index < -0.39 is 0 Å². The van der Waals surface area contributed by atoms with E-state index in [0.29, 0.717) is 31.6 Å². The van der Waals surface area contributed by atoms with E-state index in [2.05, 4.69) is 11.4 Å². The van der Waals surface area contributed by atoms with Crippen molar-refractivity contribution in [2.45, 2.75) is 51.9 Å². The summed E-state index contributed by atoms with van der Waals surface area (Å²) in [6.07, 6.45) is 8.73. The lowest BCUT2D eigenvalue weighted by atomic mass is 9.97. The first-order valence-corrected chi connectivity index (χ1v) is 9.50. The molecule has 2 amide bonds. The van der Waals surface area contributed by atoms with Gasteiger partial charge in [0.25, 0.3) is 0 Å². The zero-order valence-electron chi connectivity index (χ0n) is 15.6. The van der Waals surface area contributed by atoms with Crippen molar-refractivity contribution < 1.29 is 14.0 Å². The second-order valence-electron chi connectivity index (χ2n) is 6.81. The summed E-state index contributed by atoms with van der Waals surface area (Å²) in [7, 11) is 0. The highest BCUT2D eigenvalue weighted by atomic mass is 19.1. The smallest absolute Gasteiger partial charge is 0.221 e. The third kappa shape index (κ3) is 6.98. The van der Waals surface area contributed by atoms with Crippen LogP contribution in [0.3, 0.4) is 0 Å². The van der Waals surface area contributed by atoms with Crippen molar-refractivity contribution >= 4 is 11.8 Å². The van der Waals surface area contributed by atoms with Gasteiger partial charge in [0.2, 0.25) is 11.8 Å². The minimum absolute atomic E-state index is 0.0430. The Labute approximate surface area is 155 Å². The highest BCUT2D eigenvalue weighted by Gasteiger charge is 2.12. The Morgan fingerprint density at radius 1 is 1.15 bits per heavy atom. The van der Waals surface area contributed by atoms with E-state index in [1.165, 1.54) is 31.4 Å². The van der Waals surface area contributed by atoms with E-state index in [0.717, 1.165) is 19.3 Å². The van der Waals surface area contributed by atoms with Gasteiger partial charge in [-0.1, -0.05) is 29.8 Å². The highest BCUT2D eigenvalue weighted by molar-refractivity contribution is 5.78. The third-order valence-electron chi connectivity index (χ3n) is 4.82. The Bertz CT molecular complexity index is 643. The second kappa shape index (κ2) is 10.7. The minimum Gasteiger partial charge on any atom is -0.356 e. The maximum atomic E-state index is 13.7. The molecule has 1 aromatic carbocycles. The molecule has 2 rings (SSSR count). The van der Waals surface area contributed by atoms with Crippen molar-refractivity contribution in [2.24, 2.45) is 0 Å². The number of amides is 2. The van der Waals surface area contributed by atoms with E-state index in [1.54, 1.807) is 23.1 Å². The van der Waals surface area contributed by atoms with Gasteiger partial charge in [-0.25, -0.2) is 4.39 Å². The number of benzene rings is 1. The molecule has 0 atom stereocenters. The Balaban J connectivity index is 1.70. The monoisotopic (exact) mass is 360 g/mol. The molecule has 0 saturated heterocycles. The lowest BCUT2D eigenvalue weighted by Crippen LogP contribution is -2.35. The molecule has 4 nitrogen and oxygen atoms in total. The molecule has 1 N–H and O–H groups in total. The molecule has 0 spiro atoms. The summed E-state index contributed by atoms with van der Waals surface area (Å²) >= 11 is 0. The molecule has 0 heterocycles. The number of rotatable bonds is 9. The van der Waals surface area contributed by atoms with Crippen molar-refractivity contribution in [3.05, 3.63) is 47.3 Å². The van der Waals surface area contributed by atoms with Crippen LogP contribution in [0.1, 0.15) is 51.0 Å². The van der Waals surface area contributed by atoms with Crippen LogP contribution in [-0.4, -0.2) is 36.3 Å². The fourth-order valence-corrected chi connectivity index (χ4v) is 3.20. The van der Waals surface area contributed by atoms with Gasteiger partial charge in [-0.05, 0) is 50.2 Å². The van der Waals surface area contributed by atoms with Crippen LogP contribution in [-0.2, 0) is 16.0 Å². The number of carbonyl (C=O) groups excluding carboxylic acids is 2. The molecule has 5 heteroatoms. The van der Waals surface area contributed by atoms with Crippen molar-refractivity contribution in [1.29, 1.82) is 0 Å². The van der Waals surface area contributed by atoms with Crippen LogP contribution in [0.15, 0.2) is 35.9 Å². The first-order chi connectivity index (χ1) is 12.6. The molecular formula is C21H29FN2O2. The predicted octanol–water partition coefficient (Wildman–Crippen LogP) is 3.61. The fourth-order valence-electron chi connectivity index (χ4n) is 3.20. The van der Waals surface area contributed by atoms with Gasteiger partial charge in [0.15, 0.2) is 0 Å². The zero-order chi connectivity index (χ0) is 18.8. The Hall–Kier alpha value is -2.17. The van der Waals surface area contributed by atoms with Crippen LogP contribution in [0.4, 0.5) is 4.39 Å².